The van der Waals surface area contributed by atoms with Crippen LogP contribution in [0.25, 0.3) is 0 Å². The van der Waals surface area contributed by atoms with Gasteiger partial charge in [-0.1, -0.05) is 11.6 Å². The lowest BCUT2D eigenvalue weighted by Crippen LogP contribution is -2.09. The molecule has 0 amide bonds. The van der Waals surface area contributed by atoms with Gasteiger partial charge in [-0.15, -0.1) is 0 Å². The molecule has 5 heteroatoms. The van der Waals surface area contributed by atoms with Gasteiger partial charge in [0.05, 0.1) is 17.7 Å². The summed E-state index contributed by atoms with van der Waals surface area (Å²) >= 11 is 5.64. The van der Waals surface area contributed by atoms with Crippen molar-refractivity contribution in [2.24, 2.45) is 7.05 Å². The van der Waals surface area contributed by atoms with E-state index in [1.165, 1.54) is 12.1 Å². The van der Waals surface area contributed by atoms with Crippen molar-refractivity contribution in [1.29, 1.82) is 0 Å². The Kier molecular flexibility index (Phi) is 3.48. The summed E-state index contributed by atoms with van der Waals surface area (Å²) in [6.07, 6.45) is 0.121. The molecular weight excluding hydrogens is 255 g/mol. The average Bonchev–Trinajstić information content (AvgIpc) is 2.57. The lowest BCUT2D eigenvalue weighted by atomic mass is 10.1. The molecule has 1 heterocycles. The molecule has 2 rings (SSSR count). The first-order valence-electron chi connectivity index (χ1n) is 5.45. The molecule has 0 unspecified atom stereocenters. The maximum Gasteiger partial charge on any atom is 0.171 e. The Morgan fingerprint density at radius 2 is 2.17 bits per heavy atom. The van der Waals surface area contributed by atoms with E-state index in [9.17, 15) is 9.18 Å². The number of hydrogen-bond donors (Lipinski definition) is 0. The Morgan fingerprint density at radius 1 is 1.44 bits per heavy atom. The molecule has 1 aromatic carbocycles. The van der Waals surface area contributed by atoms with Crippen molar-refractivity contribution in [1.82, 2.24) is 9.78 Å². The Hall–Kier alpha value is -1.68. The monoisotopic (exact) mass is 266 g/mol. The predicted octanol–water partition coefficient (Wildman–Crippen LogP) is 2.95. The zero-order chi connectivity index (χ0) is 13.3. The molecule has 18 heavy (non-hydrogen) atoms. The number of benzene rings is 1. The number of halogens is 2. The van der Waals surface area contributed by atoms with Crippen LogP contribution in [0.5, 0.6) is 0 Å². The van der Waals surface area contributed by atoms with Crippen LogP contribution >= 0.6 is 11.6 Å². The molecule has 0 bridgehead atoms. The van der Waals surface area contributed by atoms with Gasteiger partial charge in [-0.2, -0.15) is 5.10 Å². The zero-order valence-electron chi connectivity index (χ0n) is 10.1. The van der Waals surface area contributed by atoms with Gasteiger partial charge in [0.1, 0.15) is 5.82 Å². The van der Waals surface area contributed by atoms with Crippen LogP contribution in [0.15, 0.2) is 24.3 Å². The smallest absolute Gasteiger partial charge is 0.171 e. The number of ketones is 1. The maximum atomic E-state index is 13.6. The molecular formula is C13H12ClFN2O. The van der Waals surface area contributed by atoms with Crippen LogP contribution in [0.3, 0.4) is 0 Å². The van der Waals surface area contributed by atoms with Crippen LogP contribution in [0.4, 0.5) is 4.39 Å². The molecule has 0 aliphatic carbocycles. The number of rotatable bonds is 3. The largest absolute Gasteiger partial charge is 0.294 e. The van der Waals surface area contributed by atoms with Crippen LogP contribution in [-0.2, 0) is 13.5 Å². The van der Waals surface area contributed by atoms with Crippen LogP contribution in [-0.4, -0.2) is 15.6 Å². The van der Waals surface area contributed by atoms with E-state index in [4.69, 9.17) is 11.6 Å². The molecule has 2 aromatic rings. The molecule has 0 spiro atoms. The van der Waals surface area contributed by atoms with E-state index in [-0.39, 0.29) is 22.8 Å². The average molecular weight is 267 g/mol. The van der Waals surface area contributed by atoms with Gasteiger partial charge in [-0.05, 0) is 31.2 Å². The third kappa shape index (κ3) is 2.59. The lowest BCUT2D eigenvalue weighted by Gasteiger charge is -2.03. The van der Waals surface area contributed by atoms with E-state index in [2.05, 4.69) is 5.10 Å². The third-order valence-electron chi connectivity index (χ3n) is 2.67. The van der Waals surface area contributed by atoms with Crippen molar-refractivity contribution in [2.45, 2.75) is 13.3 Å². The maximum absolute atomic E-state index is 13.6. The molecule has 0 radical (unpaired) electrons. The number of carbonyl (C=O) groups is 1. The second kappa shape index (κ2) is 4.90. The highest BCUT2D eigenvalue weighted by atomic mass is 35.5. The minimum absolute atomic E-state index is 0.0539. The van der Waals surface area contributed by atoms with E-state index in [0.29, 0.717) is 0 Å². The molecule has 0 aliphatic heterocycles. The zero-order valence-corrected chi connectivity index (χ0v) is 10.8. The summed E-state index contributed by atoms with van der Waals surface area (Å²) in [5, 5.41) is 4.42. The Morgan fingerprint density at radius 3 is 2.72 bits per heavy atom. The minimum Gasteiger partial charge on any atom is -0.294 e. The highest BCUT2D eigenvalue weighted by Gasteiger charge is 2.14. The second-order valence-electron chi connectivity index (χ2n) is 4.12. The van der Waals surface area contributed by atoms with Gasteiger partial charge in [-0.25, -0.2) is 4.39 Å². The summed E-state index contributed by atoms with van der Waals surface area (Å²) in [7, 11) is 1.76. The SMILES string of the molecule is Cc1cc(CC(=O)c2ccc(Cl)cc2F)n(C)n1. The van der Waals surface area contributed by atoms with Crippen molar-refractivity contribution in [3.63, 3.8) is 0 Å². The molecule has 3 nitrogen and oxygen atoms in total. The fourth-order valence-electron chi connectivity index (χ4n) is 1.81. The van der Waals surface area contributed by atoms with E-state index < -0.39 is 5.82 Å². The Balaban J connectivity index is 2.24. The Bertz CT molecular complexity index is 607. The highest BCUT2D eigenvalue weighted by molar-refractivity contribution is 6.30. The van der Waals surface area contributed by atoms with Gasteiger partial charge in [-0.3, -0.25) is 9.48 Å². The standard InChI is InChI=1S/C13H12ClFN2O/c1-8-5-10(17(2)16-8)7-13(18)11-4-3-9(14)6-12(11)15/h3-6H,7H2,1-2H3. The van der Waals surface area contributed by atoms with Crippen LogP contribution < -0.4 is 0 Å². The number of aryl methyl sites for hydroxylation is 2. The topological polar surface area (TPSA) is 34.9 Å². The van der Waals surface area contributed by atoms with Crippen molar-refractivity contribution < 1.29 is 9.18 Å². The number of hydrogen-bond acceptors (Lipinski definition) is 2. The normalized spacial score (nSPS) is 10.7. The van der Waals surface area contributed by atoms with Gasteiger partial charge in [0.2, 0.25) is 0 Å². The van der Waals surface area contributed by atoms with Gasteiger partial charge in [0.25, 0.3) is 0 Å². The summed E-state index contributed by atoms with van der Waals surface area (Å²) in [6.45, 7) is 1.84. The fourth-order valence-corrected chi connectivity index (χ4v) is 1.96. The predicted molar refractivity (Wildman–Crippen MR) is 67.4 cm³/mol. The first kappa shape index (κ1) is 12.8. The van der Waals surface area contributed by atoms with Crippen LogP contribution in [0, 0.1) is 12.7 Å². The summed E-state index contributed by atoms with van der Waals surface area (Å²) < 4.78 is 15.2. The van der Waals surface area contributed by atoms with Gasteiger partial charge >= 0.3 is 0 Å². The quantitative estimate of drug-likeness (QED) is 0.801. The van der Waals surface area contributed by atoms with Gasteiger partial charge < -0.3 is 0 Å². The summed E-state index contributed by atoms with van der Waals surface area (Å²) in [5.41, 5.74) is 1.64. The van der Waals surface area contributed by atoms with Crippen molar-refractivity contribution in [2.75, 3.05) is 0 Å². The van der Waals surface area contributed by atoms with E-state index in [0.717, 1.165) is 17.5 Å². The molecule has 0 N–H and O–H groups in total. The first-order valence-corrected chi connectivity index (χ1v) is 5.83. The molecule has 0 aliphatic rings. The van der Waals surface area contributed by atoms with Crippen LogP contribution in [0.2, 0.25) is 5.02 Å². The fraction of sp³-hybridized carbons (Fsp3) is 0.231. The lowest BCUT2D eigenvalue weighted by molar-refractivity contribution is 0.0987. The molecule has 1 aromatic heterocycles. The number of nitrogens with zero attached hydrogens (tertiary/aromatic N) is 2. The van der Waals surface area contributed by atoms with E-state index >= 15 is 0 Å². The summed E-state index contributed by atoms with van der Waals surface area (Å²) in [4.78, 5) is 12.0. The summed E-state index contributed by atoms with van der Waals surface area (Å²) in [5.74, 6) is -0.876. The number of Topliss-reactive ketones (excluding diaryl/α,β-unsaturated/α-hetero) is 1. The minimum atomic E-state index is -0.591. The summed E-state index contributed by atoms with van der Waals surface area (Å²) in [6, 6.07) is 5.87. The molecule has 0 saturated carbocycles. The first-order chi connectivity index (χ1) is 8.47. The van der Waals surface area contributed by atoms with E-state index in [1.54, 1.807) is 11.7 Å². The third-order valence-corrected chi connectivity index (χ3v) is 2.91. The second-order valence-corrected chi connectivity index (χ2v) is 4.56. The molecule has 94 valence electrons. The number of aromatic nitrogens is 2. The number of carbonyl (C=O) groups excluding carboxylic acids is 1. The van der Waals surface area contributed by atoms with Crippen molar-refractivity contribution in [3.8, 4) is 0 Å². The van der Waals surface area contributed by atoms with Gasteiger partial charge in [0, 0.05) is 17.8 Å². The highest BCUT2D eigenvalue weighted by Crippen LogP contribution is 2.16. The molecule has 0 fully saturated rings. The molecule has 0 saturated heterocycles. The van der Waals surface area contributed by atoms with Crippen LogP contribution in [0.1, 0.15) is 21.7 Å². The van der Waals surface area contributed by atoms with Crippen molar-refractivity contribution in [3.05, 3.63) is 52.1 Å². The molecule has 0 atom stereocenters. The van der Waals surface area contributed by atoms with Crippen molar-refractivity contribution >= 4 is 17.4 Å². The van der Waals surface area contributed by atoms with E-state index in [1.807, 2.05) is 13.0 Å². The van der Waals surface area contributed by atoms with Gasteiger partial charge in [0.15, 0.2) is 5.78 Å². The Labute approximate surface area is 109 Å².